The lowest BCUT2D eigenvalue weighted by Crippen LogP contribution is -2.14. The van der Waals surface area contributed by atoms with Crippen LogP contribution < -0.4 is 4.90 Å². The van der Waals surface area contributed by atoms with E-state index in [9.17, 15) is 0 Å². The normalized spacial score (nSPS) is 13.1. The number of rotatable bonds is 5. The molecule has 1 heterocycles. The Bertz CT molecular complexity index is 2420. The van der Waals surface area contributed by atoms with Gasteiger partial charge >= 0.3 is 0 Å². The molecule has 1 aromatic heterocycles. The average molecular weight is 604 g/mol. The largest absolute Gasteiger partial charge is 0.456 e. The van der Waals surface area contributed by atoms with Gasteiger partial charge in [0.25, 0.3) is 0 Å². The molecule has 2 heteroatoms. The third-order valence-corrected chi connectivity index (χ3v) is 9.86. The second kappa shape index (κ2) is 10.6. The van der Waals surface area contributed by atoms with Crippen molar-refractivity contribution in [3.63, 3.8) is 0 Å². The number of hydrogen-bond acceptors (Lipinski definition) is 2. The van der Waals surface area contributed by atoms with Crippen molar-refractivity contribution in [2.45, 2.75) is 19.3 Å². The van der Waals surface area contributed by atoms with Crippen LogP contribution in [0.15, 0.2) is 168 Å². The van der Waals surface area contributed by atoms with Gasteiger partial charge in [-0.15, -0.1) is 0 Å². The molecule has 224 valence electrons. The van der Waals surface area contributed by atoms with E-state index < -0.39 is 0 Å². The minimum atomic E-state index is -0.0932. The molecule has 0 radical (unpaired) electrons. The summed E-state index contributed by atoms with van der Waals surface area (Å²) in [6.07, 6.45) is 0. The fraction of sp³-hybridized carbons (Fsp3) is 0.0667. The van der Waals surface area contributed by atoms with Crippen LogP contribution in [0.4, 0.5) is 17.1 Å². The first-order chi connectivity index (χ1) is 23.0. The van der Waals surface area contributed by atoms with Gasteiger partial charge in [-0.25, -0.2) is 0 Å². The smallest absolute Gasteiger partial charge is 0.136 e. The highest BCUT2D eigenvalue weighted by Crippen LogP contribution is 2.51. The maximum atomic E-state index is 6.31. The van der Waals surface area contributed by atoms with Crippen molar-refractivity contribution in [1.29, 1.82) is 0 Å². The van der Waals surface area contributed by atoms with Crippen LogP contribution in [0.1, 0.15) is 25.0 Å². The average Bonchev–Trinajstić information content (AvgIpc) is 3.60. The van der Waals surface area contributed by atoms with Crippen molar-refractivity contribution in [1.82, 2.24) is 0 Å². The van der Waals surface area contributed by atoms with Crippen LogP contribution in [0.25, 0.3) is 55.3 Å². The number of hydrogen-bond donors (Lipinski definition) is 0. The molecule has 8 aromatic rings. The molecule has 1 aliphatic rings. The fourth-order valence-electron chi connectivity index (χ4n) is 7.43. The van der Waals surface area contributed by atoms with Crippen molar-refractivity contribution in [3.05, 3.63) is 175 Å². The summed E-state index contributed by atoms with van der Waals surface area (Å²) in [5, 5.41) is 2.36. The lowest BCUT2D eigenvalue weighted by molar-refractivity contribution is 0.658. The van der Waals surface area contributed by atoms with E-state index in [1.54, 1.807) is 0 Å². The Labute approximate surface area is 275 Å². The fourth-order valence-corrected chi connectivity index (χ4v) is 7.43. The van der Waals surface area contributed by atoms with Crippen LogP contribution in [0.3, 0.4) is 0 Å². The predicted molar refractivity (Wildman–Crippen MR) is 197 cm³/mol. The summed E-state index contributed by atoms with van der Waals surface area (Å²) in [7, 11) is 0. The summed E-state index contributed by atoms with van der Waals surface area (Å²) in [5.74, 6) is 0. The summed E-state index contributed by atoms with van der Waals surface area (Å²) in [6.45, 7) is 4.68. The predicted octanol–water partition coefficient (Wildman–Crippen LogP) is 12.7. The van der Waals surface area contributed by atoms with Crippen LogP contribution in [0.5, 0.6) is 0 Å². The summed E-state index contributed by atoms with van der Waals surface area (Å²) in [5.41, 5.74) is 15.2. The monoisotopic (exact) mass is 603 g/mol. The van der Waals surface area contributed by atoms with Crippen LogP contribution in [-0.2, 0) is 5.41 Å². The standard InChI is InChI=1S/C45H33NO/c1-45(2)41-25-22-33(27-38(41)39-29-44-40(28-42(39)45)37-18-9-10-19-43(37)47-44)31-20-23-35(24-21-31)46(34-15-7-4-8-16-34)36-17-11-14-32(26-36)30-12-5-3-6-13-30/h3-29H,1-2H3. The van der Waals surface area contributed by atoms with E-state index in [2.05, 4.69) is 176 Å². The molecule has 7 aromatic carbocycles. The van der Waals surface area contributed by atoms with E-state index in [1.807, 2.05) is 6.07 Å². The first kappa shape index (κ1) is 27.5. The molecule has 0 saturated carbocycles. The van der Waals surface area contributed by atoms with E-state index in [0.29, 0.717) is 0 Å². The van der Waals surface area contributed by atoms with E-state index in [0.717, 1.165) is 28.2 Å². The number of benzene rings is 7. The molecule has 0 unspecified atom stereocenters. The van der Waals surface area contributed by atoms with E-state index >= 15 is 0 Å². The minimum absolute atomic E-state index is 0.0932. The molecular weight excluding hydrogens is 571 g/mol. The molecule has 0 saturated heterocycles. The molecule has 0 N–H and O–H groups in total. The summed E-state index contributed by atoms with van der Waals surface area (Å²) in [4.78, 5) is 2.33. The lowest BCUT2D eigenvalue weighted by Gasteiger charge is -2.26. The Morgan fingerprint density at radius 2 is 1.00 bits per heavy atom. The number of furan rings is 1. The molecule has 0 aliphatic heterocycles. The van der Waals surface area contributed by atoms with Gasteiger partial charge in [-0.05, 0) is 105 Å². The van der Waals surface area contributed by atoms with Crippen LogP contribution in [-0.4, -0.2) is 0 Å². The minimum Gasteiger partial charge on any atom is -0.456 e. The van der Waals surface area contributed by atoms with Crippen LogP contribution in [0.2, 0.25) is 0 Å². The number of nitrogens with zero attached hydrogens (tertiary/aromatic N) is 1. The van der Waals surface area contributed by atoms with E-state index in [1.165, 1.54) is 55.3 Å². The molecule has 2 nitrogen and oxygen atoms in total. The molecule has 0 spiro atoms. The first-order valence-electron chi connectivity index (χ1n) is 16.3. The molecule has 0 atom stereocenters. The van der Waals surface area contributed by atoms with Crippen molar-refractivity contribution in [3.8, 4) is 33.4 Å². The molecule has 0 amide bonds. The second-order valence-electron chi connectivity index (χ2n) is 13.0. The third-order valence-electron chi connectivity index (χ3n) is 9.86. The molecular formula is C45H33NO. The Hall–Kier alpha value is -5.86. The molecule has 1 aliphatic carbocycles. The van der Waals surface area contributed by atoms with Gasteiger partial charge in [0.2, 0.25) is 0 Å². The highest BCUT2D eigenvalue weighted by molar-refractivity contribution is 6.07. The molecule has 0 fully saturated rings. The van der Waals surface area contributed by atoms with Gasteiger partial charge in [0.1, 0.15) is 11.2 Å². The van der Waals surface area contributed by atoms with E-state index in [-0.39, 0.29) is 5.41 Å². The van der Waals surface area contributed by atoms with Gasteiger partial charge in [0, 0.05) is 33.2 Å². The SMILES string of the molecule is CC1(C)c2ccc(-c3ccc(N(c4ccccc4)c4cccc(-c5ccccc5)c4)cc3)cc2-c2cc3oc4ccccc4c3cc21. The summed E-state index contributed by atoms with van der Waals surface area (Å²) in [6, 6.07) is 58.8. The molecule has 9 rings (SSSR count). The van der Waals surface area contributed by atoms with Gasteiger partial charge in [-0.2, -0.15) is 0 Å². The topological polar surface area (TPSA) is 16.4 Å². The van der Waals surface area contributed by atoms with E-state index in [4.69, 9.17) is 4.42 Å². The molecule has 0 bridgehead atoms. The number of para-hydroxylation sites is 2. The maximum absolute atomic E-state index is 6.31. The van der Waals surface area contributed by atoms with Gasteiger partial charge in [-0.3, -0.25) is 0 Å². The quantitative estimate of drug-likeness (QED) is 0.195. The maximum Gasteiger partial charge on any atom is 0.136 e. The third kappa shape index (κ3) is 4.48. The zero-order valence-corrected chi connectivity index (χ0v) is 26.4. The Morgan fingerprint density at radius 3 is 1.81 bits per heavy atom. The van der Waals surface area contributed by atoms with Crippen LogP contribution in [0, 0.1) is 0 Å². The highest BCUT2D eigenvalue weighted by Gasteiger charge is 2.36. The zero-order valence-electron chi connectivity index (χ0n) is 26.4. The van der Waals surface area contributed by atoms with Gasteiger partial charge < -0.3 is 9.32 Å². The van der Waals surface area contributed by atoms with Crippen molar-refractivity contribution >= 4 is 39.0 Å². The first-order valence-corrected chi connectivity index (χ1v) is 16.3. The zero-order chi connectivity index (χ0) is 31.5. The van der Waals surface area contributed by atoms with Crippen molar-refractivity contribution < 1.29 is 4.42 Å². The number of fused-ring (bicyclic) bond motifs is 6. The van der Waals surface area contributed by atoms with Gasteiger partial charge in [-0.1, -0.05) is 117 Å². The highest BCUT2D eigenvalue weighted by atomic mass is 16.3. The van der Waals surface area contributed by atoms with Crippen molar-refractivity contribution in [2.75, 3.05) is 4.90 Å². The van der Waals surface area contributed by atoms with Crippen molar-refractivity contribution in [2.24, 2.45) is 0 Å². The Balaban J connectivity index is 1.11. The Morgan fingerprint density at radius 1 is 0.404 bits per heavy atom. The molecule has 47 heavy (non-hydrogen) atoms. The number of anilines is 3. The van der Waals surface area contributed by atoms with Crippen LogP contribution >= 0.6 is 0 Å². The van der Waals surface area contributed by atoms with Gasteiger partial charge in [0.05, 0.1) is 0 Å². The second-order valence-corrected chi connectivity index (χ2v) is 13.0. The van der Waals surface area contributed by atoms with Gasteiger partial charge in [0.15, 0.2) is 0 Å². The lowest BCUT2D eigenvalue weighted by atomic mass is 9.82. The Kier molecular flexibility index (Phi) is 6.20. The summed E-state index contributed by atoms with van der Waals surface area (Å²) < 4.78 is 6.31. The summed E-state index contributed by atoms with van der Waals surface area (Å²) >= 11 is 0.